The molecule has 0 unspecified atom stereocenters. The summed E-state index contributed by atoms with van der Waals surface area (Å²) in [7, 11) is 3.22. The van der Waals surface area contributed by atoms with Crippen molar-refractivity contribution in [2.75, 3.05) is 31.5 Å². The molecule has 0 aliphatic rings. The van der Waals surface area contributed by atoms with E-state index in [0.29, 0.717) is 22.6 Å². The predicted molar refractivity (Wildman–Crippen MR) is 86.6 cm³/mol. The number of aromatic nitrogens is 2. The first-order valence-corrected chi connectivity index (χ1v) is 8.68. The van der Waals surface area contributed by atoms with E-state index in [4.69, 9.17) is 13.9 Å². The maximum atomic E-state index is 5.67. The zero-order valence-corrected chi connectivity index (χ0v) is 13.9. The summed E-state index contributed by atoms with van der Waals surface area (Å²) in [4.78, 5) is 0. The second-order valence-corrected chi connectivity index (χ2v) is 6.46. The molecule has 0 amide bonds. The third kappa shape index (κ3) is 4.57. The highest BCUT2D eigenvalue weighted by Crippen LogP contribution is 2.30. The minimum atomic E-state index is 0.470. The van der Waals surface area contributed by atoms with Gasteiger partial charge in [0.2, 0.25) is 5.89 Å². The van der Waals surface area contributed by atoms with Crippen molar-refractivity contribution in [1.29, 1.82) is 0 Å². The monoisotopic (exact) mass is 326 g/mol. The minimum absolute atomic E-state index is 0.470. The Morgan fingerprint density at radius 3 is 2.38 bits per heavy atom. The van der Waals surface area contributed by atoms with Gasteiger partial charge in [-0.25, -0.2) is 0 Å². The van der Waals surface area contributed by atoms with Crippen LogP contribution in [0.25, 0.3) is 11.5 Å². The zero-order valence-electron chi connectivity index (χ0n) is 12.3. The van der Waals surface area contributed by atoms with Crippen LogP contribution in [0.5, 0.6) is 11.5 Å². The van der Waals surface area contributed by atoms with Gasteiger partial charge in [-0.15, -0.1) is 10.2 Å². The summed E-state index contributed by atoms with van der Waals surface area (Å²) < 4.78 is 16.1. The summed E-state index contributed by atoms with van der Waals surface area (Å²) in [5, 5.41) is 8.72. The van der Waals surface area contributed by atoms with Crippen molar-refractivity contribution >= 4 is 23.5 Å². The zero-order chi connectivity index (χ0) is 15.1. The Bertz CT molecular complexity index is 553. The van der Waals surface area contributed by atoms with E-state index in [1.54, 1.807) is 32.0 Å². The molecular weight excluding hydrogens is 308 g/mol. The molecule has 1 heterocycles. The molecule has 0 bridgehead atoms. The molecule has 114 valence electrons. The van der Waals surface area contributed by atoms with Gasteiger partial charge in [-0.3, -0.25) is 0 Å². The minimum Gasteiger partial charge on any atom is -0.497 e. The molecular formula is C14H18N2O3S2. The molecule has 0 saturated heterocycles. The van der Waals surface area contributed by atoms with Gasteiger partial charge < -0.3 is 13.9 Å². The lowest BCUT2D eigenvalue weighted by Crippen LogP contribution is -1.88. The van der Waals surface area contributed by atoms with Gasteiger partial charge in [0.1, 0.15) is 11.5 Å². The average molecular weight is 326 g/mol. The maximum absolute atomic E-state index is 5.67. The molecule has 5 nitrogen and oxygen atoms in total. The number of benzene rings is 1. The van der Waals surface area contributed by atoms with Gasteiger partial charge in [0.15, 0.2) is 0 Å². The molecule has 0 spiro atoms. The van der Waals surface area contributed by atoms with Gasteiger partial charge in [0, 0.05) is 23.1 Å². The van der Waals surface area contributed by atoms with Crippen LogP contribution in [-0.4, -0.2) is 41.7 Å². The van der Waals surface area contributed by atoms with Crippen LogP contribution in [-0.2, 0) is 0 Å². The lowest BCUT2D eigenvalue weighted by atomic mass is 10.2. The van der Waals surface area contributed by atoms with Crippen molar-refractivity contribution in [2.45, 2.75) is 12.1 Å². The fraction of sp³-hybridized carbons (Fsp3) is 0.429. The molecule has 21 heavy (non-hydrogen) atoms. The number of rotatable bonds is 8. The third-order valence-electron chi connectivity index (χ3n) is 2.66. The van der Waals surface area contributed by atoms with E-state index in [1.807, 2.05) is 23.9 Å². The maximum Gasteiger partial charge on any atom is 0.276 e. The summed E-state index contributed by atoms with van der Waals surface area (Å²) in [5.41, 5.74) is 0.786. The lowest BCUT2D eigenvalue weighted by Gasteiger charge is -2.05. The summed E-state index contributed by atoms with van der Waals surface area (Å²) in [6.07, 6.45) is 0. The summed E-state index contributed by atoms with van der Waals surface area (Å²) in [5.74, 6) is 5.01. The van der Waals surface area contributed by atoms with Crippen molar-refractivity contribution < 1.29 is 13.9 Å². The van der Waals surface area contributed by atoms with Crippen LogP contribution in [0.3, 0.4) is 0 Å². The van der Waals surface area contributed by atoms with E-state index in [1.165, 1.54) is 0 Å². The molecule has 0 aliphatic carbocycles. The Hall–Kier alpha value is -1.34. The van der Waals surface area contributed by atoms with E-state index in [-0.39, 0.29) is 0 Å². The van der Waals surface area contributed by atoms with Gasteiger partial charge in [-0.1, -0.05) is 18.7 Å². The van der Waals surface area contributed by atoms with Crippen LogP contribution in [0.2, 0.25) is 0 Å². The first kappa shape index (κ1) is 16.0. The molecule has 0 radical (unpaired) electrons. The smallest absolute Gasteiger partial charge is 0.276 e. The Balaban J connectivity index is 2.09. The van der Waals surface area contributed by atoms with Crippen LogP contribution < -0.4 is 9.47 Å². The second-order valence-electron chi connectivity index (χ2n) is 4.02. The second kappa shape index (κ2) is 8.19. The Labute approximate surface area is 132 Å². The Kier molecular flexibility index (Phi) is 6.25. The highest BCUT2D eigenvalue weighted by Gasteiger charge is 2.11. The number of nitrogens with zero attached hydrogens (tertiary/aromatic N) is 2. The van der Waals surface area contributed by atoms with Crippen molar-refractivity contribution in [2.24, 2.45) is 0 Å². The van der Waals surface area contributed by atoms with Crippen molar-refractivity contribution in [3.05, 3.63) is 18.2 Å². The van der Waals surface area contributed by atoms with Crippen molar-refractivity contribution in [1.82, 2.24) is 10.2 Å². The van der Waals surface area contributed by atoms with Gasteiger partial charge in [-0.05, 0) is 17.9 Å². The molecule has 2 aromatic rings. The van der Waals surface area contributed by atoms with Gasteiger partial charge >= 0.3 is 0 Å². The van der Waals surface area contributed by atoms with Gasteiger partial charge in [-0.2, -0.15) is 11.8 Å². The standard InChI is InChI=1S/C14H18N2O3S2/c1-4-20-5-6-21-14-16-15-13(19-14)10-7-11(17-2)9-12(8-10)18-3/h7-9H,4-6H2,1-3H3. The Morgan fingerprint density at radius 1 is 1.05 bits per heavy atom. The lowest BCUT2D eigenvalue weighted by molar-refractivity contribution is 0.394. The van der Waals surface area contributed by atoms with Gasteiger partial charge in [0.05, 0.1) is 14.2 Å². The van der Waals surface area contributed by atoms with E-state index in [2.05, 4.69) is 17.1 Å². The fourth-order valence-electron chi connectivity index (χ4n) is 1.65. The number of hydrogen-bond donors (Lipinski definition) is 0. The number of thioether (sulfide) groups is 2. The quantitative estimate of drug-likeness (QED) is 0.542. The number of methoxy groups -OCH3 is 2. The van der Waals surface area contributed by atoms with Gasteiger partial charge in [0.25, 0.3) is 5.22 Å². The molecule has 0 N–H and O–H groups in total. The molecule has 7 heteroatoms. The average Bonchev–Trinajstić information content (AvgIpc) is 3.00. The number of ether oxygens (including phenoxy) is 2. The summed E-state index contributed by atoms with van der Waals surface area (Å²) in [6, 6.07) is 5.49. The molecule has 2 rings (SSSR count). The Morgan fingerprint density at radius 2 is 1.76 bits per heavy atom. The van der Waals surface area contributed by atoms with Crippen LogP contribution in [0.4, 0.5) is 0 Å². The number of hydrogen-bond acceptors (Lipinski definition) is 7. The highest BCUT2D eigenvalue weighted by molar-refractivity contribution is 8.02. The topological polar surface area (TPSA) is 57.4 Å². The van der Waals surface area contributed by atoms with Crippen LogP contribution in [0, 0.1) is 0 Å². The summed E-state index contributed by atoms with van der Waals surface area (Å²) >= 11 is 3.47. The van der Waals surface area contributed by atoms with E-state index >= 15 is 0 Å². The van der Waals surface area contributed by atoms with Crippen LogP contribution in [0.1, 0.15) is 6.92 Å². The molecule has 0 saturated carbocycles. The first-order chi connectivity index (χ1) is 10.3. The first-order valence-electron chi connectivity index (χ1n) is 6.54. The fourth-order valence-corrected chi connectivity index (χ4v) is 3.15. The van der Waals surface area contributed by atoms with E-state index < -0.39 is 0 Å². The molecule has 0 atom stereocenters. The van der Waals surface area contributed by atoms with E-state index in [0.717, 1.165) is 22.8 Å². The highest BCUT2D eigenvalue weighted by atomic mass is 32.2. The van der Waals surface area contributed by atoms with Crippen molar-refractivity contribution in [3.8, 4) is 23.0 Å². The normalized spacial score (nSPS) is 10.6. The SMILES string of the molecule is CCSCCSc1nnc(-c2cc(OC)cc(OC)c2)o1. The molecule has 1 aromatic carbocycles. The summed E-state index contributed by atoms with van der Waals surface area (Å²) in [6.45, 7) is 2.15. The van der Waals surface area contributed by atoms with Crippen LogP contribution >= 0.6 is 23.5 Å². The predicted octanol–water partition coefficient (Wildman–Crippen LogP) is 3.60. The largest absolute Gasteiger partial charge is 0.497 e. The van der Waals surface area contributed by atoms with Crippen LogP contribution in [0.15, 0.2) is 27.8 Å². The van der Waals surface area contributed by atoms with Crippen molar-refractivity contribution in [3.63, 3.8) is 0 Å². The molecule has 0 fully saturated rings. The molecule has 1 aromatic heterocycles. The third-order valence-corrected chi connectivity index (χ3v) is 4.64. The molecule has 0 aliphatic heterocycles. The van der Waals surface area contributed by atoms with E-state index in [9.17, 15) is 0 Å².